The fourth-order valence-corrected chi connectivity index (χ4v) is 3.92. The van der Waals surface area contributed by atoms with Crippen molar-refractivity contribution in [3.8, 4) is 5.75 Å². The predicted octanol–water partition coefficient (Wildman–Crippen LogP) is 1.86. The number of amides is 1. The number of rotatable bonds is 5. The topological polar surface area (TPSA) is 72.3 Å². The fourth-order valence-electron chi connectivity index (χ4n) is 3.92. The molecule has 1 saturated heterocycles. The van der Waals surface area contributed by atoms with Gasteiger partial charge in [0, 0.05) is 32.1 Å². The van der Waals surface area contributed by atoms with E-state index >= 15 is 0 Å². The highest BCUT2D eigenvalue weighted by molar-refractivity contribution is 5.76. The van der Waals surface area contributed by atoms with Crippen molar-refractivity contribution in [1.29, 1.82) is 0 Å². The summed E-state index contributed by atoms with van der Waals surface area (Å²) in [4.78, 5) is 14.4. The number of aryl methyl sites for hydroxylation is 1. The Labute approximate surface area is 159 Å². The van der Waals surface area contributed by atoms with Crippen LogP contribution >= 0.6 is 0 Å². The van der Waals surface area contributed by atoms with Crippen molar-refractivity contribution in [2.75, 3.05) is 26.2 Å². The second-order valence-electron chi connectivity index (χ2n) is 7.37. The molecule has 2 aliphatic heterocycles. The SMILES string of the molecule is Cc1cccc(OCCC(=O)N2CCC(c3nnc4n3CCNC4)CC2)c1. The first-order valence-corrected chi connectivity index (χ1v) is 9.80. The molecule has 0 saturated carbocycles. The number of likely N-dealkylation sites (tertiary alicyclic amines) is 1. The molecule has 0 atom stereocenters. The van der Waals surface area contributed by atoms with Gasteiger partial charge in [0.2, 0.25) is 5.91 Å². The van der Waals surface area contributed by atoms with E-state index in [9.17, 15) is 4.79 Å². The van der Waals surface area contributed by atoms with Crippen molar-refractivity contribution < 1.29 is 9.53 Å². The average Bonchev–Trinajstić information content (AvgIpc) is 3.12. The standard InChI is InChI=1S/C20H27N5O2/c1-15-3-2-4-17(13-15)27-12-7-19(26)24-9-5-16(6-10-24)20-23-22-18-14-21-8-11-25(18)20/h2-4,13,16,21H,5-12,14H2,1H3. The van der Waals surface area contributed by atoms with E-state index in [0.29, 0.717) is 18.9 Å². The van der Waals surface area contributed by atoms with Gasteiger partial charge in [0.25, 0.3) is 0 Å². The van der Waals surface area contributed by atoms with E-state index in [1.807, 2.05) is 36.1 Å². The number of hydrogen-bond donors (Lipinski definition) is 1. The number of aromatic nitrogens is 3. The number of nitrogens with one attached hydrogen (secondary N) is 1. The molecule has 2 aromatic rings. The van der Waals surface area contributed by atoms with Crippen molar-refractivity contribution in [2.24, 2.45) is 0 Å². The third-order valence-electron chi connectivity index (χ3n) is 5.44. The van der Waals surface area contributed by atoms with E-state index in [2.05, 4.69) is 20.1 Å². The Morgan fingerprint density at radius 3 is 2.93 bits per heavy atom. The summed E-state index contributed by atoms with van der Waals surface area (Å²) in [5, 5.41) is 12.1. The number of fused-ring (bicyclic) bond motifs is 1. The third kappa shape index (κ3) is 4.13. The number of carbonyl (C=O) groups excluding carboxylic acids is 1. The molecule has 0 radical (unpaired) electrons. The van der Waals surface area contributed by atoms with Gasteiger partial charge in [-0.05, 0) is 37.5 Å². The van der Waals surface area contributed by atoms with Crippen LogP contribution in [0, 0.1) is 6.92 Å². The lowest BCUT2D eigenvalue weighted by atomic mass is 9.95. The first-order valence-electron chi connectivity index (χ1n) is 9.80. The molecule has 144 valence electrons. The summed E-state index contributed by atoms with van der Waals surface area (Å²) in [5.41, 5.74) is 1.16. The van der Waals surface area contributed by atoms with Crippen molar-refractivity contribution in [3.05, 3.63) is 41.5 Å². The minimum absolute atomic E-state index is 0.175. The molecule has 1 aromatic heterocycles. The molecular formula is C20H27N5O2. The van der Waals surface area contributed by atoms with E-state index in [1.54, 1.807) is 0 Å². The minimum Gasteiger partial charge on any atom is -0.493 e. The second kappa shape index (κ2) is 8.08. The second-order valence-corrected chi connectivity index (χ2v) is 7.37. The summed E-state index contributed by atoms with van der Waals surface area (Å²) in [7, 11) is 0. The highest BCUT2D eigenvalue weighted by atomic mass is 16.5. The van der Waals surface area contributed by atoms with E-state index in [1.165, 1.54) is 0 Å². The fraction of sp³-hybridized carbons (Fsp3) is 0.550. The molecule has 0 bridgehead atoms. The van der Waals surface area contributed by atoms with Crippen molar-refractivity contribution >= 4 is 5.91 Å². The Balaban J connectivity index is 1.25. The zero-order chi connectivity index (χ0) is 18.6. The molecule has 0 aliphatic carbocycles. The van der Waals surface area contributed by atoms with Gasteiger partial charge in [-0.3, -0.25) is 4.79 Å². The first kappa shape index (κ1) is 18.0. The maximum atomic E-state index is 12.5. The van der Waals surface area contributed by atoms with E-state index in [0.717, 1.165) is 68.5 Å². The van der Waals surface area contributed by atoms with Crippen molar-refractivity contribution in [2.45, 2.75) is 45.2 Å². The van der Waals surface area contributed by atoms with Crippen LogP contribution in [-0.2, 0) is 17.9 Å². The maximum absolute atomic E-state index is 12.5. The summed E-state index contributed by atoms with van der Waals surface area (Å²) in [6.45, 7) is 6.73. The number of hydrogen-bond acceptors (Lipinski definition) is 5. The van der Waals surface area contributed by atoms with Crippen LogP contribution in [0.15, 0.2) is 24.3 Å². The number of benzene rings is 1. The molecular weight excluding hydrogens is 342 g/mol. The first-order chi connectivity index (χ1) is 13.2. The summed E-state index contributed by atoms with van der Waals surface area (Å²) < 4.78 is 7.97. The van der Waals surface area contributed by atoms with Crippen molar-refractivity contribution in [3.63, 3.8) is 0 Å². The number of carbonyl (C=O) groups is 1. The Morgan fingerprint density at radius 2 is 2.11 bits per heavy atom. The lowest BCUT2D eigenvalue weighted by Crippen LogP contribution is -2.39. The average molecular weight is 369 g/mol. The number of ether oxygens (including phenoxy) is 1. The predicted molar refractivity (Wildman–Crippen MR) is 102 cm³/mol. The molecule has 1 amide bonds. The normalized spacial score (nSPS) is 17.6. The number of nitrogens with zero attached hydrogens (tertiary/aromatic N) is 4. The van der Waals surface area contributed by atoms with E-state index in [4.69, 9.17) is 4.74 Å². The summed E-state index contributed by atoms with van der Waals surface area (Å²) in [6, 6.07) is 7.92. The molecule has 2 aliphatic rings. The molecule has 0 unspecified atom stereocenters. The Morgan fingerprint density at radius 1 is 1.26 bits per heavy atom. The van der Waals surface area contributed by atoms with E-state index in [-0.39, 0.29) is 5.91 Å². The molecule has 1 aromatic carbocycles. The molecule has 7 heteroatoms. The molecule has 27 heavy (non-hydrogen) atoms. The molecule has 4 rings (SSSR count). The monoisotopic (exact) mass is 369 g/mol. The van der Waals surface area contributed by atoms with Crippen LogP contribution in [0.2, 0.25) is 0 Å². The smallest absolute Gasteiger partial charge is 0.225 e. The van der Waals surface area contributed by atoms with Crippen molar-refractivity contribution in [1.82, 2.24) is 25.0 Å². The third-order valence-corrected chi connectivity index (χ3v) is 5.44. The molecule has 3 heterocycles. The van der Waals surface area contributed by atoms with Crippen LogP contribution in [0.25, 0.3) is 0 Å². The van der Waals surface area contributed by atoms with Gasteiger partial charge in [0.15, 0.2) is 0 Å². The quantitative estimate of drug-likeness (QED) is 0.871. The van der Waals surface area contributed by atoms with E-state index < -0.39 is 0 Å². The van der Waals surface area contributed by atoms with Crippen LogP contribution in [0.3, 0.4) is 0 Å². The molecule has 1 fully saturated rings. The molecule has 7 nitrogen and oxygen atoms in total. The highest BCUT2D eigenvalue weighted by Crippen LogP contribution is 2.28. The van der Waals surface area contributed by atoms with Crippen LogP contribution in [0.4, 0.5) is 0 Å². The van der Waals surface area contributed by atoms with Crippen LogP contribution in [0.5, 0.6) is 5.75 Å². The van der Waals surface area contributed by atoms with Crippen LogP contribution < -0.4 is 10.1 Å². The number of piperidine rings is 1. The van der Waals surface area contributed by atoms with Gasteiger partial charge in [0.05, 0.1) is 19.6 Å². The lowest BCUT2D eigenvalue weighted by Gasteiger charge is -2.32. The van der Waals surface area contributed by atoms with Gasteiger partial charge in [-0.25, -0.2) is 0 Å². The van der Waals surface area contributed by atoms with Gasteiger partial charge >= 0.3 is 0 Å². The maximum Gasteiger partial charge on any atom is 0.225 e. The Hall–Kier alpha value is -2.41. The van der Waals surface area contributed by atoms with Gasteiger partial charge < -0.3 is 19.5 Å². The summed E-state index contributed by atoms with van der Waals surface area (Å²) in [5.74, 6) is 3.53. The molecule has 0 spiro atoms. The van der Waals surface area contributed by atoms with Gasteiger partial charge in [0.1, 0.15) is 17.4 Å². The Kier molecular flexibility index (Phi) is 5.38. The zero-order valence-electron chi connectivity index (χ0n) is 15.9. The zero-order valence-corrected chi connectivity index (χ0v) is 15.9. The largest absolute Gasteiger partial charge is 0.493 e. The Bertz CT molecular complexity index is 795. The van der Waals surface area contributed by atoms with Gasteiger partial charge in [-0.1, -0.05) is 12.1 Å². The van der Waals surface area contributed by atoms with Gasteiger partial charge in [-0.15, -0.1) is 10.2 Å². The van der Waals surface area contributed by atoms with Crippen LogP contribution in [0.1, 0.15) is 42.4 Å². The highest BCUT2D eigenvalue weighted by Gasteiger charge is 2.28. The molecule has 1 N–H and O–H groups in total. The van der Waals surface area contributed by atoms with Gasteiger partial charge in [-0.2, -0.15) is 0 Å². The van der Waals surface area contributed by atoms with Crippen LogP contribution in [-0.4, -0.2) is 51.8 Å². The minimum atomic E-state index is 0.175. The summed E-state index contributed by atoms with van der Waals surface area (Å²) in [6.07, 6.45) is 2.33. The summed E-state index contributed by atoms with van der Waals surface area (Å²) >= 11 is 0. The lowest BCUT2D eigenvalue weighted by molar-refractivity contribution is -0.132.